The molecule has 0 unspecified atom stereocenters. The van der Waals surface area contributed by atoms with E-state index in [-0.39, 0.29) is 5.56 Å². The third kappa shape index (κ3) is 1.30. The Hall–Kier alpha value is -1.03. The summed E-state index contributed by atoms with van der Waals surface area (Å²) in [6.45, 7) is 2.17. The predicted molar refractivity (Wildman–Crippen MR) is 46.3 cm³/mol. The van der Waals surface area contributed by atoms with Crippen molar-refractivity contribution in [1.29, 1.82) is 0 Å². The van der Waals surface area contributed by atoms with Gasteiger partial charge in [-0.2, -0.15) is 0 Å². The fraction of sp³-hybridized carbons (Fsp3) is 0.625. The maximum atomic E-state index is 10.8. The van der Waals surface area contributed by atoms with Crippen LogP contribution in [0.4, 0.5) is 0 Å². The molecule has 1 atom stereocenters. The number of rotatable bonds is 1. The summed E-state index contributed by atoms with van der Waals surface area (Å²) >= 11 is 0. The van der Waals surface area contributed by atoms with Gasteiger partial charge in [0.2, 0.25) is 0 Å². The van der Waals surface area contributed by atoms with Gasteiger partial charge in [0.25, 0.3) is 5.56 Å². The Morgan fingerprint density at radius 1 is 1.58 bits per heavy atom. The van der Waals surface area contributed by atoms with E-state index in [0.29, 0.717) is 5.92 Å². The Bertz CT molecular complexity index is 314. The largest absolute Gasteiger partial charge is 0.306 e. The van der Waals surface area contributed by atoms with Crippen molar-refractivity contribution in [2.24, 2.45) is 0 Å². The molecule has 4 heteroatoms. The Kier molecular flexibility index (Phi) is 1.77. The molecule has 0 aromatic carbocycles. The molecule has 2 N–H and O–H groups in total. The van der Waals surface area contributed by atoms with Crippen molar-refractivity contribution in [3.63, 3.8) is 0 Å². The fourth-order valence-corrected chi connectivity index (χ4v) is 1.76. The summed E-state index contributed by atoms with van der Waals surface area (Å²) in [6, 6.07) is 1.66. The molecular formula is C8H13N3O. The quantitative estimate of drug-likeness (QED) is 0.624. The van der Waals surface area contributed by atoms with Gasteiger partial charge in [-0.15, -0.1) is 0 Å². The third-order valence-corrected chi connectivity index (χ3v) is 2.45. The van der Waals surface area contributed by atoms with Crippen molar-refractivity contribution in [2.75, 3.05) is 20.1 Å². The minimum absolute atomic E-state index is 0.0282. The standard InChI is InChI=1S/C8H13N3O/c1-11-3-2-6(5-11)7-4-8(12)10-9-7/h4,6H,2-3,5H2,1H3,(H2,9,10,12)/t6-/m1/s1. The molecule has 1 fully saturated rings. The second kappa shape index (κ2) is 2.79. The van der Waals surface area contributed by atoms with Crippen LogP contribution in [0.15, 0.2) is 10.9 Å². The minimum Gasteiger partial charge on any atom is -0.306 e. The number of hydrogen-bond donors (Lipinski definition) is 2. The van der Waals surface area contributed by atoms with Crippen LogP contribution in [0.3, 0.4) is 0 Å². The highest BCUT2D eigenvalue weighted by Gasteiger charge is 2.22. The fourth-order valence-electron chi connectivity index (χ4n) is 1.76. The second-order valence-corrected chi connectivity index (χ2v) is 3.46. The summed E-state index contributed by atoms with van der Waals surface area (Å²) in [4.78, 5) is 13.1. The van der Waals surface area contributed by atoms with Crippen LogP contribution >= 0.6 is 0 Å². The lowest BCUT2D eigenvalue weighted by atomic mass is 10.1. The summed E-state index contributed by atoms with van der Waals surface area (Å²) in [6.07, 6.45) is 1.14. The van der Waals surface area contributed by atoms with Gasteiger partial charge in [-0.1, -0.05) is 0 Å². The number of likely N-dealkylation sites (N-methyl/N-ethyl adjacent to an activating group) is 1. The second-order valence-electron chi connectivity index (χ2n) is 3.46. The van der Waals surface area contributed by atoms with E-state index in [9.17, 15) is 4.79 Å². The van der Waals surface area contributed by atoms with Crippen LogP contribution in [0, 0.1) is 0 Å². The van der Waals surface area contributed by atoms with Crippen LogP contribution in [-0.4, -0.2) is 35.2 Å². The molecule has 1 aliphatic heterocycles. The van der Waals surface area contributed by atoms with Crippen LogP contribution in [0.25, 0.3) is 0 Å². The van der Waals surface area contributed by atoms with E-state index in [2.05, 4.69) is 22.1 Å². The molecule has 12 heavy (non-hydrogen) atoms. The van der Waals surface area contributed by atoms with E-state index < -0.39 is 0 Å². The lowest BCUT2D eigenvalue weighted by Crippen LogP contribution is -2.13. The normalized spacial score (nSPS) is 24.9. The Morgan fingerprint density at radius 3 is 2.92 bits per heavy atom. The average Bonchev–Trinajstić information content (AvgIpc) is 2.58. The van der Waals surface area contributed by atoms with Crippen molar-refractivity contribution < 1.29 is 0 Å². The zero-order valence-electron chi connectivity index (χ0n) is 7.13. The Balaban J connectivity index is 2.16. The van der Waals surface area contributed by atoms with Gasteiger partial charge in [-0.3, -0.25) is 9.89 Å². The summed E-state index contributed by atoms with van der Waals surface area (Å²) < 4.78 is 0. The lowest BCUT2D eigenvalue weighted by Gasteiger charge is -2.07. The molecule has 0 amide bonds. The molecule has 1 aromatic heterocycles. The summed E-state index contributed by atoms with van der Waals surface area (Å²) in [5.41, 5.74) is 1.02. The first kappa shape index (κ1) is 7.61. The number of likely N-dealkylation sites (tertiary alicyclic amines) is 1. The number of hydrogen-bond acceptors (Lipinski definition) is 2. The van der Waals surface area contributed by atoms with E-state index in [1.165, 1.54) is 0 Å². The number of H-pyrrole nitrogens is 2. The van der Waals surface area contributed by atoms with Crippen molar-refractivity contribution >= 4 is 0 Å². The number of nitrogens with one attached hydrogen (secondary N) is 2. The van der Waals surface area contributed by atoms with Gasteiger partial charge in [-0.05, 0) is 20.0 Å². The molecule has 1 saturated heterocycles. The van der Waals surface area contributed by atoms with Gasteiger partial charge in [0.05, 0.1) is 0 Å². The van der Waals surface area contributed by atoms with E-state index in [1.807, 2.05) is 0 Å². The van der Waals surface area contributed by atoms with Gasteiger partial charge in [0.1, 0.15) is 0 Å². The summed E-state index contributed by atoms with van der Waals surface area (Å²) in [7, 11) is 2.10. The van der Waals surface area contributed by atoms with Crippen molar-refractivity contribution in [3.8, 4) is 0 Å². The Labute approximate surface area is 70.6 Å². The Morgan fingerprint density at radius 2 is 2.42 bits per heavy atom. The number of nitrogens with zero attached hydrogens (tertiary/aromatic N) is 1. The maximum absolute atomic E-state index is 10.8. The van der Waals surface area contributed by atoms with Crippen molar-refractivity contribution in [1.82, 2.24) is 15.1 Å². The van der Waals surface area contributed by atoms with Crippen LogP contribution in [0.5, 0.6) is 0 Å². The highest BCUT2D eigenvalue weighted by Crippen LogP contribution is 2.22. The van der Waals surface area contributed by atoms with Gasteiger partial charge < -0.3 is 10.00 Å². The van der Waals surface area contributed by atoms with Gasteiger partial charge >= 0.3 is 0 Å². The third-order valence-electron chi connectivity index (χ3n) is 2.45. The first-order chi connectivity index (χ1) is 5.75. The first-order valence-corrected chi connectivity index (χ1v) is 4.22. The number of aromatic amines is 2. The highest BCUT2D eigenvalue weighted by molar-refractivity contribution is 5.08. The molecule has 0 radical (unpaired) electrons. The molecule has 4 nitrogen and oxygen atoms in total. The van der Waals surface area contributed by atoms with Gasteiger partial charge in [0, 0.05) is 24.2 Å². The maximum Gasteiger partial charge on any atom is 0.264 e. The van der Waals surface area contributed by atoms with E-state index >= 15 is 0 Å². The lowest BCUT2D eigenvalue weighted by molar-refractivity contribution is 0.410. The smallest absolute Gasteiger partial charge is 0.264 e. The van der Waals surface area contributed by atoms with Gasteiger partial charge in [-0.25, -0.2) is 0 Å². The van der Waals surface area contributed by atoms with Crippen LogP contribution in [0.1, 0.15) is 18.0 Å². The molecule has 1 aliphatic rings. The zero-order chi connectivity index (χ0) is 8.55. The molecule has 2 rings (SSSR count). The predicted octanol–water partition coefficient (Wildman–Crippen LogP) is 0.122. The first-order valence-electron chi connectivity index (χ1n) is 4.22. The van der Waals surface area contributed by atoms with E-state index in [1.54, 1.807) is 6.07 Å². The number of aromatic nitrogens is 2. The molecule has 0 aliphatic carbocycles. The van der Waals surface area contributed by atoms with E-state index in [0.717, 1.165) is 25.2 Å². The minimum atomic E-state index is -0.0282. The topological polar surface area (TPSA) is 51.9 Å². The van der Waals surface area contributed by atoms with Crippen molar-refractivity contribution in [2.45, 2.75) is 12.3 Å². The van der Waals surface area contributed by atoms with Crippen molar-refractivity contribution in [3.05, 3.63) is 22.1 Å². The molecular weight excluding hydrogens is 154 g/mol. The molecule has 66 valence electrons. The SMILES string of the molecule is CN1CC[C@@H](c2cc(=O)[nH][nH]2)C1. The summed E-state index contributed by atoms with van der Waals surface area (Å²) in [5, 5.41) is 5.47. The molecule has 0 spiro atoms. The zero-order valence-corrected chi connectivity index (χ0v) is 7.13. The van der Waals surface area contributed by atoms with Gasteiger partial charge in [0.15, 0.2) is 0 Å². The molecule has 1 aromatic rings. The average molecular weight is 167 g/mol. The highest BCUT2D eigenvalue weighted by atomic mass is 16.1. The molecule has 2 heterocycles. The molecule has 0 bridgehead atoms. The van der Waals surface area contributed by atoms with Crippen LogP contribution in [-0.2, 0) is 0 Å². The molecule has 0 saturated carbocycles. The monoisotopic (exact) mass is 167 g/mol. The van der Waals surface area contributed by atoms with Crippen LogP contribution < -0.4 is 5.56 Å². The van der Waals surface area contributed by atoms with Crippen LogP contribution in [0.2, 0.25) is 0 Å². The summed E-state index contributed by atoms with van der Waals surface area (Å²) in [5.74, 6) is 0.508. The van der Waals surface area contributed by atoms with E-state index in [4.69, 9.17) is 0 Å².